The average molecular weight is 418 g/mol. The number of halogens is 2. The third-order valence-corrected chi connectivity index (χ3v) is 5.73. The van der Waals surface area contributed by atoms with Crippen LogP contribution in [0.2, 0.25) is 0 Å². The normalized spacial score (nSPS) is 18.1. The minimum absolute atomic E-state index is 0.0742. The molecular formula is C20H24F2N6O2. The SMILES string of the molecule is Cc1nonc1C(=O)NC(c1cn2ncc(C(C)C)cc2n1)C1CCC(F)(F)CC1. The van der Waals surface area contributed by atoms with Gasteiger partial charge in [-0.25, -0.2) is 22.9 Å². The van der Waals surface area contributed by atoms with Crippen LogP contribution in [0.1, 0.15) is 78.9 Å². The molecule has 160 valence electrons. The lowest BCUT2D eigenvalue weighted by atomic mass is 9.81. The highest BCUT2D eigenvalue weighted by atomic mass is 19.3. The van der Waals surface area contributed by atoms with Crippen molar-refractivity contribution in [3.05, 3.63) is 41.1 Å². The third kappa shape index (κ3) is 4.03. The van der Waals surface area contributed by atoms with Crippen LogP contribution in [-0.2, 0) is 0 Å². The molecule has 3 aromatic rings. The molecule has 3 aromatic heterocycles. The lowest BCUT2D eigenvalue weighted by Crippen LogP contribution is -2.37. The molecule has 0 saturated heterocycles. The summed E-state index contributed by atoms with van der Waals surface area (Å²) in [6, 6.07) is 1.40. The zero-order valence-electron chi connectivity index (χ0n) is 17.1. The molecule has 3 heterocycles. The highest BCUT2D eigenvalue weighted by Gasteiger charge is 2.39. The molecule has 30 heavy (non-hydrogen) atoms. The van der Waals surface area contributed by atoms with Gasteiger partial charge in [-0.3, -0.25) is 4.79 Å². The largest absolute Gasteiger partial charge is 0.342 e. The van der Waals surface area contributed by atoms with E-state index >= 15 is 0 Å². The van der Waals surface area contributed by atoms with Crippen molar-refractivity contribution in [2.24, 2.45) is 5.92 Å². The second kappa shape index (κ2) is 7.73. The Balaban J connectivity index is 1.67. The number of amides is 1. The van der Waals surface area contributed by atoms with Gasteiger partial charge in [0.1, 0.15) is 5.69 Å². The van der Waals surface area contributed by atoms with Crippen LogP contribution in [0, 0.1) is 12.8 Å². The number of nitrogens with one attached hydrogen (secondary N) is 1. The van der Waals surface area contributed by atoms with Crippen LogP contribution < -0.4 is 5.32 Å². The van der Waals surface area contributed by atoms with Crippen LogP contribution in [0.4, 0.5) is 8.78 Å². The maximum absolute atomic E-state index is 13.7. The number of carbonyl (C=O) groups excluding carboxylic acids is 1. The van der Waals surface area contributed by atoms with Gasteiger partial charge in [0.05, 0.1) is 24.1 Å². The maximum Gasteiger partial charge on any atom is 0.276 e. The summed E-state index contributed by atoms with van der Waals surface area (Å²) in [5.74, 6) is -3.02. The predicted molar refractivity (Wildman–Crippen MR) is 103 cm³/mol. The minimum Gasteiger partial charge on any atom is -0.342 e. The number of aryl methyl sites for hydroxylation is 1. The molecule has 1 amide bonds. The van der Waals surface area contributed by atoms with E-state index in [0.717, 1.165) is 5.56 Å². The molecule has 1 unspecified atom stereocenters. The Kier molecular flexibility index (Phi) is 5.25. The highest BCUT2D eigenvalue weighted by Crippen LogP contribution is 2.41. The second-order valence-electron chi connectivity index (χ2n) is 8.25. The maximum atomic E-state index is 13.7. The van der Waals surface area contributed by atoms with E-state index in [4.69, 9.17) is 0 Å². The fourth-order valence-electron chi connectivity index (χ4n) is 3.85. The molecule has 10 heteroatoms. The van der Waals surface area contributed by atoms with Gasteiger partial charge in [0.2, 0.25) is 5.92 Å². The van der Waals surface area contributed by atoms with Crippen molar-refractivity contribution in [3.63, 3.8) is 0 Å². The molecule has 1 aliphatic carbocycles. The Hall–Kier alpha value is -2.91. The number of alkyl halides is 2. The smallest absolute Gasteiger partial charge is 0.276 e. The standard InChI is InChI=1S/C20H24F2N6O2/c1-11(2)14-8-16-24-15(10-28(16)23-9-14)18(13-4-6-20(21,22)7-5-13)25-19(29)17-12(3)26-30-27-17/h8-11,13,18H,4-7H2,1-3H3,(H,25,29). The van der Waals surface area contributed by atoms with Gasteiger partial charge >= 0.3 is 0 Å². The van der Waals surface area contributed by atoms with Crippen molar-refractivity contribution in [1.29, 1.82) is 0 Å². The zero-order chi connectivity index (χ0) is 21.5. The molecular weight excluding hydrogens is 394 g/mol. The third-order valence-electron chi connectivity index (χ3n) is 5.73. The number of rotatable bonds is 5. The summed E-state index contributed by atoms with van der Waals surface area (Å²) in [4.78, 5) is 17.4. The summed E-state index contributed by atoms with van der Waals surface area (Å²) in [6.07, 6.45) is 3.67. The lowest BCUT2D eigenvalue weighted by molar-refractivity contribution is -0.0495. The molecule has 1 aliphatic rings. The van der Waals surface area contributed by atoms with E-state index in [1.54, 1.807) is 23.8 Å². The number of carbonyl (C=O) groups is 1. The van der Waals surface area contributed by atoms with E-state index < -0.39 is 17.9 Å². The molecule has 1 N–H and O–H groups in total. The number of hydrogen-bond donors (Lipinski definition) is 1. The Labute approximate surface area is 172 Å². The van der Waals surface area contributed by atoms with Gasteiger partial charge in [0, 0.05) is 12.8 Å². The van der Waals surface area contributed by atoms with Crippen LogP contribution >= 0.6 is 0 Å². The van der Waals surface area contributed by atoms with Crippen LogP contribution in [0.3, 0.4) is 0 Å². The Morgan fingerprint density at radius 2 is 2.03 bits per heavy atom. The average Bonchev–Trinajstić information content (AvgIpc) is 3.31. The second-order valence-corrected chi connectivity index (χ2v) is 8.25. The highest BCUT2D eigenvalue weighted by molar-refractivity contribution is 5.93. The summed E-state index contributed by atoms with van der Waals surface area (Å²) in [7, 11) is 0. The summed E-state index contributed by atoms with van der Waals surface area (Å²) in [6.45, 7) is 5.75. The van der Waals surface area contributed by atoms with Crippen molar-refractivity contribution in [2.75, 3.05) is 0 Å². The summed E-state index contributed by atoms with van der Waals surface area (Å²) in [5, 5.41) is 14.6. The topological polar surface area (TPSA) is 98.2 Å². The van der Waals surface area contributed by atoms with Crippen molar-refractivity contribution in [2.45, 2.75) is 64.3 Å². The monoisotopic (exact) mass is 418 g/mol. The quantitative estimate of drug-likeness (QED) is 0.676. The molecule has 0 aliphatic heterocycles. The first-order valence-corrected chi connectivity index (χ1v) is 10.1. The van der Waals surface area contributed by atoms with Crippen LogP contribution in [0.15, 0.2) is 23.1 Å². The molecule has 1 fully saturated rings. The van der Waals surface area contributed by atoms with Crippen LogP contribution in [0.25, 0.3) is 5.65 Å². The number of nitrogens with zero attached hydrogens (tertiary/aromatic N) is 5. The Morgan fingerprint density at radius 3 is 2.67 bits per heavy atom. The molecule has 0 aromatic carbocycles. The summed E-state index contributed by atoms with van der Waals surface area (Å²) in [5.41, 5.74) is 2.71. The molecule has 0 bridgehead atoms. The van der Waals surface area contributed by atoms with Gasteiger partial charge in [-0.05, 0) is 48.4 Å². The van der Waals surface area contributed by atoms with E-state index in [2.05, 4.69) is 44.2 Å². The predicted octanol–water partition coefficient (Wildman–Crippen LogP) is 3.84. The number of fused-ring (bicyclic) bond motifs is 1. The molecule has 4 rings (SSSR count). The van der Waals surface area contributed by atoms with Crippen molar-refractivity contribution in [1.82, 2.24) is 30.2 Å². The molecule has 0 radical (unpaired) electrons. The van der Waals surface area contributed by atoms with Gasteiger partial charge in [0.25, 0.3) is 5.91 Å². The van der Waals surface area contributed by atoms with E-state index in [1.807, 2.05) is 6.07 Å². The first-order valence-electron chi connectivity index (χ1n) is 10.1. The number of hydrogen-bond acceptors (Lipinski definition) is 6. The van der Waals surface area contributed by atoms with Gasteiger partial charge in [-0.1, -0.05) is 19.0 Å². The van der Waals surface area contributed by atoms with Gasteiger partial charge < -0.3 is 5.32 Å². The molecule has 1 saturated carbocycles. The molecule has 8 nitrogen and oxygen atoms in total. The zero-order valence-corrected chi connectivity index (χ0v) is 17.1. The molecule has 1 atom stereocenters. The first kappa shape index (κ1) is 20.4. The summed E-state index contributed by atoms with van der Waals surface area (Å²) >= 11 is 0. The fourth-order valence-corrected chi connectivity index (χ4v) is 3.85. The van der Waals surface area contributed by atoms with Crippen LogP contribution in [0.5, 0.6) is 0 Å². The van der Waals surface area contributed by atoms with Crippen LogP contribution in [-0.4, -0.2) is 36.7 Å². The first-order chi connectivity index (χ1) is 14.2. The van der Waals surface area contributed by atoms with Crippen molar-refractivity contribution >= 4 is 11.6 Å². The van der Waals surface area contributed by atoms with Crippen molar-refractivity contribution in [3.8, 4) is 0 Å². The van der Waals surface area contributed by atoms with E-state index in [1.165, 1.54) is 0 Å². The summed E-state index contributed by atoms with van der Waals surface area (Å²) < 4.78 is 33.7. The van der Waals surface area contributed by atoms with Gasteiger partial charge in [0.15, 0.2) is 11.3 Å². The van der Waals surface area contributed by atoms with E-state index in [-0.39, 0.29) is 37.3 Å². The number of imidazole rings is 1. The van der Waals surface area contributed by atoms with Gasteiger partial charge in [-0.2, -0.15) is 5.10 Å². The fraction of sp³-hybridized carbons (Fsp3) is 0.550. The van der Waals surface area contributed by atoms with E-state index in [9.17, 15) is 13.6 Å². The Morgan fingerprint density at radius 1 is 1.30 bits per heavy atom. The van der Waals surface area contributed by atoms with Crippen molar-refractivity contribution < 1.29 is 18.2 Å². The number of aromatic nitrogens is 5. The minimum atomic E-state index is -2.66. The molecule has 0 spiro atoms. The lowest BCUT2D eigenvalue weighted by Gasteiger charge is -2.33. The van der Waals surface area contributed by atoms with E-state index in [0.29, 0.717) is 23.0 Å². The van der Waals surface area contributed by atoms with Gasteiger partial charge in [-0.15, -0.1) is 0 Å². The Bertz CT molecular complexity index is 1050.